The molecule has 0 aromatic rings. The molecule has 2 unspecified atom stereocenters. The van der Waals surface area contributed by atoms with Crippen LogP contribution in [0.5, 0.6) is 0 Å². The number of likely N-dealkylation sites (N-methyl/N-ethyl adjacent to an activating group) is 2. The molecular weight excluding hydrogens is 210 g/mol. The molecule has 3 heteroatoms. The molecule has 0 saturated carbocycles. The van der Waals surface area contributed by atoms with Crippen LogP contribution in [0.15, 0.2) is 0 Å². The Bertz CT molecular complexity index is 196. The van der Waals surface area contributed by atoms with Gasteiger partial charge in [-0.25, -0.2) is 0 Å². The van der Waals surface area contributed by atoms with Crippen LogP contribution in [-0.2, 0) is 0 Å². The molecule has 0 bridgehead atoms. The van der Waals surface area contributed by atoms with Gasteiger partial charge in [0.2, 0.25) is 0 Å². The van der Waals surface area contributed by atoms with Gasteiger partial charge in [0.1, 0.15) is 0 Å². The van der Waals surface area contributed by atoms with Crippen LogP contribution in [0.2, 0.25) is 0 Å². The van der Waals surface area contributed by atoms with Crippen LogP contribution in [-0.4, -0.2) is 55.6 Å². The van der Waals surface area contributed by atoms with Gasteiger partial charge < -0.3 is 10.6 Å². The van der Waals surface area contributed by atoms with Crippen molar-refractivity contribution >= 4 is 0 Å². The van der Waals surface area contributed by atoms with Crippen LogP contribution in [0, 0.1) is 0 Å². The van der Waals surface area contributed by atoms with E-state index in [9.17, 15) is 0 Å². The van der Waals surface area contributed by atoms with E-state index in [4.69, 9.17) is 5.73 Å². The first kappa shape index (κ1) is 14.9. The molecule has 2 N–H and O–H groups in total. The average Bonchev–Trinajstić information content (AvgIpc) is 2.32. The van der Waals surface area contributed by atoms with Crippen molar-refractivity contribution in [3.8, 4) is 0 Å². The third-order valence-electron chi connectivity index (χ3n) is 4.03. The molecule has 1 aliphatic heterocycles. The minimum absolute atomic E-state index is 0.351. The molecule has 1 aliphatic rings. The van der Waals surface area contributed by atoms with Gasteiger partial charge in [-0.05, 0) is 20.5 Å². The van der Waals surface area contributed by atoms with Gasteiger partial charge >= 0.3 is 0 Å². The quantitative estimate of drug-likeness (QED) is 0.691. The molecule has 2 atom stereocenters. The molecule has 0 aliphatic carbocycles. The van der Waals surface area contributed by atoms with E-state index in [1.165, 1.54) is 45.1 Å². The van der Waals surface area contributed by atoms with Crippen molar-refractivity contribution in [1.29, 1.82) is 0 Å². The zero-order valence-electron chi connectivity index (χ0n) is 12.0. The van der Waals surface area contributed by atoms with E-state index in [-0.39, 0.29) is 0 Å². The third kappa shape index (κ3) is 5.36. The lowest BCUT2D eigenvalue weighted by molar-refractivity contribution is 0.0946. The molecule has 1 heterocycles. The monoisotopic (exact) mass is 241 g/mol. The molecule has 1 rings (SSSR count). The van der Waals surface area contributed by atoms with Gasteiger partial charge in [-0.1, -0.05) is 39.0 Å². The predicted molar refractivity (Wildman–Crippen MR) is 75.3 cm³/mol. The summed E-state index contributed by atoms with van der Waals surface area (Å²) in [6.07, 6.45) is 7.92. The lowest BCUT2D eigenvalue weighted by atomic mass is 9.98. The minimum Gasteiger partial charge on any atom is -0.326 e. The number of nitrogens with zero attached hydrogens (tertiary/aromatic N) is 2. The summed E-state index contributed by atoms with van der Waals surface area (Å²) in [6.45, 7) is 5.73. The van der Waals surface area contributed by atoms with Crippen molar-refractivity contribution in [2.45, 2.75) is 57.5 Å². The fraction of sp³-hybridized carbons (Fsp3) is 1.00. The highest BCUT2D eigenvalue weighted by Gasteiger charge is 2.26. The second-order valence-corrected chi connectivity index (χ2v) is 5.68. The van der Waals surface area contributed by atoms with Gasteiger partial charge in [-0.3, -0.25) is 4.90 Å². The van der Waals surface area contributed by atoms with E-state index >= 15 is 0 Å². The summed E-state index contributed by atoms with van der Waals surface area (Å²) in [5.41, 5.74) is 6.35. The lowest BCUT2D eigenvalue weighted by Gasteiger charge is -2.40. The maximum Gasteiger partial charge on any atom is 0.0371 e. The first-order chi connectivity index (χ1) is 8.15. The minimum atomic E-state index is 0.351. The van der Waals surface area contributed by atoms with E-state index in [1.54, 1.807) is 0 Å². The first-order valence-corrected chi connectivity index (χ1v) is 7.29. The Morgan fingerprint density at radius 3 is 2.53 bits per heavy atom. The van der Waals surface area contributed by atoms with E-state index in [0.29, 0.717) is 12.1 Å². The molecule has 0 radical (unpaired) electrons. The number of piperazine rings is 1. The van der Waals surface area contributed by atoms with E-state index in [0.717, 1.165) is 13.1 Å². The Morgan fingerprint density at radius 1 is 1.12 bits per heavy atom. The normalized spacial score (nSPS) is 25.1. The molecule has 0 spiro atoms. The maximum absolute atomic E-state index is 6.35. The van der Waals surface area contributed by atoms with Crippen molar-refractivity contribution < 1.29 is 0 Å². The number of rotatable bonds is 7. The number of hydrogen-bond acceptors (Lipinski definition) is 3. The molecule has 0 aromatic carbocycles. The fourth-order valence-electron chi connectivity index (χ4n) is 2.68. The first-order valence-electron chi connectivity index (χ1n) is 7.29. The standard InChI is InChI=1S/C14H31N3/c1-4-5-6-7-8-9-13(15)14-12-16(2)10-11-17(14)3/h13-14H,4-12,15H2,1-3H3. The summed E-state index contributed by atoms with van der Waals surface area (Å²) in [5.74, 6) is 0. The fourth-order valence-corrected chi connectivity index (χ4v) is 2.68. The van der Waals surface area contributed by atoms with Crippen LogP contribution in [0.3, 0.4) is 0 Å². The van der Waals surface area contributed by atoms with Gasteiger partial charge in [-0.2, -0.15) is 0 Å². The molecule has 1 fully saturated rings. The highest BCUT2D eigenvalue weighted by Crippen LogP contribution is 2.14. The van der Waals surface area contributed by atoms with Gasteiger partial charge in [0.05, 0.1) is 0 Å². The summed E-state index contributed by atoms with van der Waals surface area (Å²) < 4.78 is 0. The summed E-state index contributed by atoms with van der Waals surface area (Å²) in [4.78, 5) is 4.85. The summed E-state index contributed by atoms with van der Waals surface area (Å²) in [6, 6.07) is 0.907. The average molecular weight is 241 g/mol. The van der Waals surface area contributed by atoms with Gasteiger partial charge in [-0.15, -0.1) is 0 Å². The molecule has 102 valence electrons. The van der Waals surface area contributed by atoms with Gasteiger partial charge in [0.25, 0.3) is 0 Å². The van der Waals surface area contributed by atoms with Crippen molar-refractivity contribution in [3.63, 3.8) is 0 Å². The van der Waals surface area contributed by atoms with Crippen LogP contribution in [0.25, 0.3) is 0 Å². The summed E-state index contributed by atoms with van der Waals surface area (Å²) >= 11 is 0. The van der Waals surface area contributed by atoms with Crippen LogP contribution in [0.1, 0.15) is 45.4 Å². The third-order valence-corrected chi connectivity index (χ3v) is 4.03. The van der Waals surface area contributed by atoms with Gasteiger partial charge in [0.15, 0.2) is 0 Å². The lowest BCUT2D eigenvalue weighted by Crippen LogP contribution is -2.57. The molecule has 17 heavy (non-hydrogen) atoms. The molecule has 3 nitrogen and oxygen atoms in total. The topological polar surface area (TPSA) is 32.5 Å². The Kier molecular flexibility index (Phi) is 7.09. The Hall–Kier alpha value is -0.120. The Labute approximate surface area is 107 Å². The van der Waals surface area contributed by atoms with E-state index in [2.05, 4.69) is 30.8 Å². The molecule has 0 aromatic heterocycles. The second-order valence-electron chi connectivity index (χ2n) is 5.68. The van der Waals surface area contributed by atoms with Gasteiger partial charge in [0, 0.05) is 31.7 Å². The Morgan fingerprint density at radius 2 is 1.82 bits per heavy atom. The highest BCUT2D eigenvalue weighted by atomic mass is 15.3. The molecule has 1 saturated heterocycles. The van der Waals surface area contributed by atoms with Crippen molar-refractivity contribution in [1.82, 2.24) is 9.80 Å². The zero-order valence-corrected chi connectivity index (χ0v) is 12.0. The largest absolute Gasteiger partial charge is 0.326 e. The van der Waals surface area contributed by atoms with Crippen LogP contribution in [0.4, 0.5) is 0 Å². The zero-order chi connectivity index (χ0) is 12.7. The summed E-state index contributed by atoms with van der Waals surface area (Å²) in [5, 5.41) is 0. The molecule has 0 amide bonds. The van der Waals surface area contributed by atoms with Crippen LogP contribution >= 0.6 is 0 Å². The SMILES string of the molecule is CCCCCCCC(N)C1CN(C)CCN1C. The smallest absolute Gasteiger partial charge is 0.0371 e. The number of unbranched alkanes of at least 4 members (excludes halogenated alkanes) is 4. The summed E-state index contributed by atoms with van der Waals surface area (Å²) in [7, 11) is 4.42. The predicted octanol–water partition coefficient (Wildman–Crippen LogP) is 1.92. The highest BCUT2D eigenvalue weighted by molar-refractivity contribution is 4.86. The number of nitrogens with two attached hydrogens (primary N) is 1. The maximum atomic E-state index is 6.35. The van der Waals surface area contributed by atoms with E-state index < -0.39 is 0 Å². The van der Waals surface area contributed by atoms with E-state index in [1.807, 2.05) is 0 Å². The van der Waals surface area contributed by atoms with Crippen molar-refractivity contribution in [2.24, 2.45) is 5.73 Å². The second kappa shape index (κ2) is 8.06. The van der Waals surface area contributed by atoms with Crippen molar-refractivity contribution in [2.75, 3.05) is 33.7 Å². The van der Waals surface area contributed by atoms with Crippen molar-refractivity contribution in [3.05, 3.63) is 0 Å². The number of hydrogen-bond donors (Lipinski definition) is 1. The molecular formula is C14H31N3. The van der Waals surface area contributed by atoms with Crippen LogP contribution < -0.4 is 5.73 Å². The Balaban J connectivity index is 2.18.